The lowest BCUT2D eigenvalue weighted by atomic mass is 9.93. The first-order valence-electron chi connectivity index (χ1n) is 6.53. The van der Waals surface area contributed by atoms with Gasteiger partial charge in [-0.15, -0.1) is 0 Å². The van der Waals surface area contributed by atoms with Crippen molar-refractivity contribution in [3.8, 4) is 0 Å². The Labute approximate surface area is 104 Å². The molecule has 0 spiro atoms. The van der Waals surface area contributed by atoms with Crippen LogP contribution in [0, 0.1) is 20.8 Å². The molecule has 0 saturated carbocycles. The van der Waals surface area contributed by atoms with Crippen LogP contribution in [-0.2, 0) is 4.74 Å². The smallest absolute Gasteiger partial charge is 0.0594 e. The van der Waals surface area contributed by atoms with Gasteiger partial charge in [-0.1, -0.05) is 12.1 Å². The van der Waals surface area contributed by atoms with E-state index in [-0.39, 0.29) is 6.04 Å². The van der Waals surface area contributed by atoms with Crippen LogP contribution in [0.25, 0.3) is 0 Å². The minimum Gasteiger partial charge on any atom is -0.378 e. The fraction of sp³-hybridized carbons (Fsp3) is 0.600. The fourth-order valence-electron chi connectivity index (χ4n) is 2.62. The van der Waals surface area contributed by atoms with Crippen molar-refractivity contribution >= 4 is 0 Å². The molecule has 17 heavy (non-hydrogen) atoms. The minimum atomic E-state index is 0.109. The molecule has 0 amide bonds. The van der Waals surface area contributed by atoms with Crippen molar-refractivity contribution < 1.29 is 4.74 Å². The maximum absolute atomic E-state index is 6.31. The first-order chi connectivity index (χ1) is 8.08. The van der Waals surface area contributed by atoms with Crippen molar-refractivity contribution in [3.05, 3.63) is 34.4 Å². The van der Waals surface area contributed by atoms with E-state index in [2.05, 4.69) is 32.9 Å². The first kappa shape index (κ1) is 12.6. The van der Waals surface area contributed by atoms with Gasteiger partial charge in [-0.25, -0.2) is 0 Å². The molecule has 2 atom stereocenters. The Bertz CT molecular complexity index is 394. The number of nitrogens with two attached hydrogens (primary N) is 1. The molecular weight excluding hydrogens is 210 g/mol. The van der Waals surface area contributed by atoms with Crippen LogP contribution in [0.1, 0.15) is 47.6 Å². The molecule has 1 aromatic carbocycles. The Hall–Kier alpha value is -0.860. The van der Waals surface area contributed by atoms with Crippen LogP contribution in [-0.4, -0.2) is 12.7 Å². The summed E-state index contributed by atoms with van der Waals surface area (Å²) >= 11 is 0. The Morgan fingerprint density at radius 1 is 1.24 bits per heavy atom. The molecule has 2 heteroatoms. The highest BCUT2D eigenvalue weighted by atomic mass is 16.5. The average Bonchev–Trinajstić information content (AvgIpc) is 2.76. The van der Waals surface area contributed by atoms with Crippen LogP contribution in [0.15, 0.2) is 12.1 Å². The highest BCUT2D eigenvalue weighted by molar-refractivity contribution is 5.38. The summed E-state index contributed by atoms with van der Waals surface area (Å²) in [6.07, 6.45) is 3.66. The summed E-state index contributed by atoms with van der Waals surface area (Å²) in [4.78, 5) is 0. The molecule has 2 unspecified atom stereocenters. The zero-order valence-corrected chi connectivity index (χ0v) is 11.1. The van der Waals surface area contributed by atoms with E-state index in [0.717, 1.165) is 19.4 Å². The van der Waals surface area contributed by atoms with E-state index in [9.17, 15) is 0 Å². The summed E-state index contributed by atoms with van der Waals surface area (Å²) in [6.45, 7) is 7.36. The Kier molecular flexibility index (Phi) is 3.85. The van der Waals surface area contributed by atoms with Gasteiger partial charge in [0.2, 0.25) is 0 Å². The van der Waals surface area contributed by atoms with E-state index in [1.54, 1.807) is 0 Å². The van der Waals surface area contributed by atoms with Crippen molar-refractivity contribution in [2.24, 2.45) is 5.73 Å². The molecule has 0 aromatic heterocycles. The van der Waals surface area contributed by atoms with Crippen LogP contribution in [0.2, 0.25) is 0 Å². The predicted molar refractivity (Wildman–Crippen MR) is 71.2 cm³/mol. The molecular formula is C15H23NO. The third-order valence-electron chi connectivity index (χ3n) is 3.82. The molecule has 2 N–H and O–H groups in total. The van der Waals surface area contributed by atoms with Gasteiger partial charge in [0, 0.05) is 12.6 Å². The summed E-state index contributed by atoms with van der Waals surface area (Å²) in [5.41, 5.74) is 11.6. The maximum atomic E-state index is 6.31. The van der Waals surface area contributed by atoms with Gasteiger partial charge >= 0.3 is 0 Å². The first-order valence-corrected chi connectivity index (χ1v) is 6.53. The van der Waals surface area contributed by atoms with Gasteiger partial charge in [0.25, 0.3) is 0 Å². The second-order valence-electron chi connectivity index (χ2n) is 5.27. The molecule has 2 rings (SSSR count). The molecule has 0 bridgehead atoms. The van der Waals surface area contributed by atoms with Crippen LogP contribution < -0.4 is 5.73 Å². The van der Waals surface area contributed by atoms with Crippen LogP contribution in [0.4, 0.5) is 0 Å². The van der Waals surface area contributed by atoms with Crippen LogP contribution in [0.3, 0.4) is 0 Å². The molecule has 0 aliphatic carbocycles. The largest absolute Gasteiger partial charge is 0.378 e. The molecule has 1 fully saturated rings. The predicted octanol–water partition coefficient (Wildman–Crippen LogP) is 3.18. The number of hydrogen-bond donors (Lipinski definition) is 1. The molecule has 1 aromatic rings. The van der Waals surface area contributed by atoms with Crippen LogP contribution >= 0.6 is 0 Å². The van der Waals surface area contributed by atoms with Gasteiger partial charge in [-0.05, 0) is 62.3 Å². The van der Waals surface area contributed by atoms with Gasteiger partial charge in [-0.2, -0.15) is 0 Å². The van der Waals surface area contributed by atoms with Gasteiger partial charge in [0.1, 0.15) is 0 Å². The molecule has 94 valence electrons. The molecule has 1 aliphatic heterocycles. The highest BCUT2D eigenvalue weighted by Gasteiger charge is 2.20. The Morgan fingerprint density at radius 2 is 1.94 bits per heavy atom. The van der Waals surface area contributed by atoms with Crippen molar-refractivity contribution in [1.82, 2.24) is 0 Å². The van der Waals surface area contributed by atoms with E-state index < -0.39 is 0 Å². The van der Waals surface area contributed by atoms with E-state index in [1.807, 2.05) is 0 Å². The summed E-state index contributed by atoms with van der Waals surface area (Å²) in [7, 11) is 0. The normalized spacial score (nSPS) is 21.8. The second kappa shape index (κ2) is 5.19. The fourth-order valence-corrected chi connectivity index (χ4v) is 2.62. The molecule has 1 heterocycles. The van der Waals surface area contributed by atoms with Gasteiger partial charge in [-0.3, -0.25) is 0 Å². The molecule has 1 saturated heterocycles. The van der Waals surface area contributed by atoms with Gasteiger partial charge < -0.3 is 10.5 Å². The summed E-state index contributed by atoms with van der Waals surface area (Å²) < 4.78 is 5.66. The van der Waals surface area contributed by atoms with E-state index in [1.165, 1.54) is 28.7 Å². The zero-order chi connectivity index (χ0) is 12.4. The minimum absolute atomic E-state index is 0.109. The van der Waals surface area contributed by atoms with Crippen LogP contribution in [0.5, 0.6) is 0 Å². The van der Waals surface area contributed by atoms with Crippen molar-refractivity contribution in [2.45, 2.75) is 52.2 Å². The summed E-state index contributed by atoms with van der Waals surface area (Å²) in [5.74, 6) is 0. The zero-order valence-electron chi connectivity index (χ0n) is 11.1. The standard InChI is InChI=1S/C15H23NO/c1-10-7-12(3)14(8-11(10)2)15(16)9-13-5-4-6-17-13/h7-8,13,15H,4-6,9,16H2,1-3H3. The van der Waals surface area contributed by atoms with Gasteiger partial charge in [0.05, 0.1) is 6.10 Å². The second-order valence-corrected chi connectivity index (χ2v) is 5.27. The third kappa shape index (κ3) is 2.88. The molecule has 0 radical (unpaired) electrons. The highest BCUT2D eigenvalue weighted by Crippen LogP contribution is 2.27. The van der Waals surface area contributed by atoms with Crippen molar-refractivity contribution in [1.29, 1.82) is 0 Å². The third-order valence-corrected chi connectivity index (χ3v) is 3.82. The lowest BCUT2D eigenvalue weighted by Crippen LogP contribution is -2.19. The van der Waals surface area contributed by atoms with Gasteiger partial charge in [0.15, 0.2) is 0 Å². The quantitative estimate of drug-likeness (QED) is 0.870. The number of benzene rings is 1. The number of aryl methyl sites for hydroxylation is 3. The maximum Gasteiger partial charge on any atom is 0.0594 e. The number of ether oxygens (including phenoxy) is 1. The van der Waals surface area contributed by atoms with Crippen molar-refractivity contribution in [3.63, 3.8) is 0 Å². The lowest BCUT2D eigenvalue weighted by Gasteiger charge is -2.19. The van der Waals surface area contributed by atoms with E-state index in [0.29, 0.717) is 6.10 Å². The topological polar surface area (TPSA) is 35.2 Å². The Balaban J connectivity index is 2.12. The van der Waals surface area contributed by atoms with E-state index >= 15 is 0 Å². The number of rotatable bonds is 3. The molecule has 2 nitrogen and oxygen atoms in total. The monoisotopic (exact) mass is 233 g/mol. The van der Waals surface area contributed by atoms with Crippen molar-refractivity contribution in [2.75, 3.05) is 6.61 Å². The summed E-state index contributed by atoms with van der Waals surface area (Å²) in [6, 6.07) is 4.59. The molecule has 1 aliphatic rings. The SMILES string of the molecule is Cc1cc(C)c(C(N)CC2CCCO2)cc1C. The summed E-state index contributed by atoms with van der Waals surface area (Å²) in [5, 5.41) is 0. The number of hydrogen-bond acceptors (Lipinski definition) is 2. The average molecular weight is 233 g/mol. The lowest BCUT2D eigenvalue weighted by molar-refractivity contribution is 0.0983. The van der Waals surface area contributed by atoms with E-state index in [4.69, 9.17) is 10.5 Å². The Morgan fingerprint density at radius 3 is 2.59 bits per heavy atom.